The van der Waals surface area contributed by atoms with Gasteiger partial charge in [-0.25, -0.2) is 0 Å². The van der Waals surface area contributed by atoms with Crippen LogP contribution in [0.3, 0.4) is 0 Å². The maximum atomic E-state index is 12.5. The van der Waals surface area contributed by atoms with E-state index in [4.69, 9.17) is 4.74 Å². The Morgan fingerprint density at radius 3 is 0.986 bits per heavy atom. The Labute approximate surface area is 450 Å². The Morgan fingerprint density at radius 1 is 0.375 bits per heavy atom. The van der Waals surface area contributed by atoms with E-state index in [0.29, 0.717) is 25.9 Å². The third-order valence-corrected chi connectivity index (χ3v) is 15.6. The zero-order chi connectivity index (χ0) is 52.2. The molecule has 0 aliphatic heterocycles. The fourth-order valence-corrected chi connectivity index (χ4v) is 10.5. The van der Waals surface area contributed by atoms with Gasteiger partial charge in [0.25, 0.3) is 0 Å². The van der Waals surface area contributed by atoms with Crippen molar-refractivity contribution in [1.82, 2.24) is 5.32 Å². The number of rotatable bonds is 62. The van der Waals surface area contributed by atoms with E-state index in [9.17, 15) is 19.8 Å². The van der Waals surface area contributed by atoms with Crippen LogP contribution < -0.4 is 5.32 Å². The molecule has 6 heteroatoms. The molecule has 0 rings (SSSR count). The van der Waals surface area contributed by atoms with Crippen molar-refractivity contribution in [2.45, 2.75) is 386 Å². The predicted molar refractivity (Wildman–Crippen MR) is 315 cm³/mol. The molecule has 0 bridgehead atoms. The maximum Gasteiger partial charge on any atom is 0.305 e. The average Bonchev–Trinajstić information content (AvgIpc) is 3.38. The number of hydrogen-bond donors (Lipinski definition) is 3. The van der Waals surface area contributed by atoms with E-state index in [0.717, 1.165) is 38.5 Å². The first-order valence-corrected chi connectivity index (χ1v) is 32.9. The third kappa shape index (κ3) is 57.9. The molecule has 2 unspecified atom stereocenters. The molecule has 0 fully saturated rings. The second-order valence-corrected chi connectivity index (χ2v) is 22.8. The van der Waals surface area contributed by atoms with Crippen LogP contribution in [0.2, 0.25) is 0 Å². The Balaban J connectivity index is 3.40. The highest BCUT2D eigenvalue weighted by atomic mass is 16.5. The van der Waals surface area contributed by atoms with E-state index in [-0.39, 0.29) is 18.5 Å². The molecule has 0 aromatic carbocycles. The highest BCUT2D eigenvalue weighted by Crippen LogP contribution is 2.18. The van der Waals surface area contributed by atoms with Crippen molar-refractivity contribution in [2.24, 2.45) is 0 Å². The number of carbonyl (C=O) groups is 2. The molecular formula is C66H129NO5. The molecule has 0 aromatic rings. The Morgan fingerprint density at radius 2 is 0.653 bits per heavy atom. The molecule has 0 aromatic heterocycles. The lowest BCUT2D eigenvalue weighted by atomic mass is 10.0. The maximum absolute atomic E-state index is 12.5. The lowest BCUT2D eigenvalue weighted by Crippen LogP contribution is -2.45. The normalized spacial score (nSPS) is 12.6. The summed E-state index contributed by atoms with van der Waals surface area (Å²) in [6.45, 7) is 4.98. The van der Waals surface area contributed by atoms with Crippen LogP contribution in [0.5, 0.6) is 0 Å². The summed E-state index contributed by atoms with van der Waals surface area (Å²) in [6, 6.07) is -0.543. The lowest BCUT2D eigenvalue weighted by molar-refractivity contribution is -0.143. The molecule has 0 spiro atoms. The first-order chi connectivity index (χ1) is 35.5. The van der Waals surface area contributed by atoms with Gasteiger partial charge in [-0.2, -0.15) is 0 Å². The quantitative estimate of drug-likeness (QED) is 0.0320. The second kappa shape index (κ2) is 62.1. The van der Waals surface area contributed by atoms with Gasteiger partial charge in [0.1, 0.15) is 0 Å². The van der Waals surface area contributed by atoms with Crippen LogP contribution in [0, 0.1) is 0 Å². The summed E-state index contributed by atoms with van der Waals surface area (Å²) in [4.78, 5) is 24.5. The van der Waals surface area contributed by atoms with Gasteiger partial charge in [0.2, 0.25) is 5.91 Å². The van der Waals surface area contributed by atoms with Crippen molar-refractivity contribution in [2.75, 3.05) is 13.2 Å². The van der Waals surface area contributed by atoms with Gasteiger partial charge in [0.05, 0.1) is 25.4 Å². The van der Waals surface area contributed by atoms with Crippen molar-refractivity contribution in [1.29, 1.82) is 0 Å². The number of unbranched alkanes of at least 4 members (excludes halogenated alkanes) is 49. The largest absolute Gasteiger partial charge is 0.466 e. The van der Waals surface area contributed by atoms with E-state index in [1.165, 1.54) is 302 Å². The SMILES string of the molecule is CCCCCCCCCCCCCCCCCCCCCC(O)C(CO)NC(=O)CCCCCCCCCCC/C=C\CCCCCCCCCCCCCCOC(=O)CCCCCCCCCCCCC. The van der Waals surface area contributed by atoms with Gasteiger partial charge in [-0.1, -0.05) is 321 Å². The zero-order valence-corrected chi connectivity index (χ0v) is 48.9. The van der Waals surface area contributed by atoms with Crippen LogP contribution in [-0.2, 0) is 14.3 Å². The fraction of sp³-hybridized carbons (Fsp3) is 0.939. The molecule has 1 amide bonds. The van der Waals surface area contributed by atoms with E-state index < -0.39 is 12.1 Å². The third-order valence-electron chi connectivity index (χ3n) is 15.6. The average molecular weight is 1020 g/mol. The van der Waals surface area contributed by atoms with Crippen LogP contribution in [-0.4, -0.2) is 47.4 Å². The molecule has 0 aliphatic carbocycles. The number of aliphatic hydroxyl groups excluding tert-OH is 2. The molecule has 0 heterocycles. The molecule has 0 aliphatic rings. The summed E-state index contributed by atoms with van der Waals surface area (Å²) in [5.41, 5.74) is 0. The number of ether oxygens (including phenoxy) is 1. The first kappa shape index (κ1) is 70.6. The topological polar surface area (TPSA) is 95.9 Å². The number of aliphatic hydroxyl groups is 2. The standard InChI is InChI=1S/C66H129NO5/c1-3-5-7-9-11-13-15-16-17-18-26-29-32-35-39-42-46-50-54-58-64(69)63(62-68)67-65(70)59-55-51-47-43-40-36-33-30-27-24-22-20-19-21-23-25-28-31-34-37-41-45-49-53-57-61-72-66(71)60-56-52-48-44-38-14-12-10-8-6-4-2/h20,22,63-64,68-69H,3-19,21,23-62H2,1-2H3,(H,67,70)/b22-20-. The summed E-state index contributed by atoms with van der Waals surface area (Å²) < 4.78 is 5.47. The minimum atomic E-state index is -0.666. The number of amides is 1. The van der Waals surface area contributed by atoms with E-state index in [1.807, 2.05) is 0 Å². The van der Waals surface area contributed by atoms with Gasteiger partial charge in [0, 0.05) is 12.8 Å². The minimum Gasteiger partial charge on any atom is -0.466 e. The van der Waals surface area contributed by atoms with Gasteiger partial charge in [-0.05, 0) is 51.4 Å². The minimum absolute atomic E-state index is 0.0140. The van der Waals surface area contributed by atoms with Gasteiger partial charge >= 0.3 is 5.97 Å². The highest BCUT2D eigenvalue weighted by molar-refractivity contribution is 5.76. The molecular weight excluding hydrogens is 887 g/mol. The van der Waals surface area contributed by atoms with E-state index in [2.05, 4.69) is 31.3 Å². The zero-order valence-electron chi connectivity index (χ0n) is 48.9. The summed E-state index contributed by atoms with van der Waals surface area (Å²) >= 11 is 0. The monoisotopic (exact) mass is 1020 g/mol. The van der Waals surface area contributed by atoms with E-state index in [1.54, 1.807) is 0 Å². The van der Waals surface area contributed by atoms with Crippen LogP contribution in [0.25, 0.3) is 0 Å². The van der Waals surface area contributed by atoms with Gasteiger partial charge in [-0.15, -0.1) is 0 Å². The molecule has 0 radical (unpaired) electrons. The van der Waals surface area contributed by atoms with Crippen molar-refractivity contribution in [3.63, 3.8) is 0 Å². The molecule has 0 saturated heterocycles. The number of nitrogens with one attached hydrogen (secondary N) is 1. The smallest absolute Gasteiger partial charge is 0.305 e. The summed E-state index contributed by atoms with van der Waals surface area (Å²) in [6.07, 6.45) is 75.2. The van der Waals surface area contributed by atoms with Crippen LogP contribution in [0.15, 0.2) is 12.2 Å². The van der Waals surface area contributed by atoms with Gasteiger partial charge in [0.15, 0.2) is 0 Å². The van der Waals surface area contributed by atoms with Gasteiger partial charge < -0.3 is 20.3 Å². The number of hydrogen-bond acceptors (Lipinski definition) is 5. The molecule has 6 nitrogen and oxygen atoms in total. The lowest BCUT2D eigenvalue weighted by Gasteiger charge is -2.22. The van der Waals surface area contributed by atoms with Crippen molar-refractivity contribution < 1.29 is 24.5 Å². The summed E-state index contributed by atoms with van der Waals surface area (Å²) in [5.74, 6) is -0.0201. The molecule has 2 atom stereocenters. The number of carbonyl (C=O) groups excluding carboxylic acids is 2. The second-order valence-electron chi connectivity index (χ2n) is 22.8. The molecule has 428 valence electrons. The Bertz CT molecular complexity index is 1080. The van der Waals surface area contributed by atoms with E-state index >= 15 is 0 Å². The van der Waals surface area contributed by atoms with Crippen molar-refractivity contribution in [3.8, 4) is 0 Å². The highest BCUT2D eigenvalue weighted by Gasteiger charge is 2.20. The molecule has 72 heavy (non-hydrogen) atoms. The predicted octanol–water partition coefficient (Wildman–Crippen LogP) is 20.8. The fourth-order valence-electron chi connectivity index (χ4n) is 10.5. The van der Waals surface area contributed by atoms with Crippen molar-refractivity contribution in [3.05, 3.63) is 12.2 Å². The molecule has 3 N–H and O–H groups in total. The van der Waals surface area contributed by atoms with Crippen LogP contribution >= 0.6 is 0 Å². The first-order valence-electron chi connectivity index (χ1n) is 32.9. The van der Waals surface area contributed by atoms with Crippen LogP contribution in [0.1, 0.15) is 373 Å². The van der Waals surface area contributed by atoms with Crippen molar-refractivity contribution >= 4 is 11.9 Å². The summed E-state index contributed by atoms with van der Waals surface area (Å²) in [5, 5.41) is 23.4. The van der Waals surface area contributed by atoms with Crippen LogP contribution in [0.4, 0.5) is 0 Å². The number of allylic oxidation sites excluding steroid dienone is 2. The number of esters is 1. The van der Waals surface area contributed by atoms with Gasteiger partial charge in [-0.3, -0.25) is 9.59 Å². The Kier molecular flexibility index (Phi) is 60.9. The Hall–Kier alpha value is -1.40. The summed E-state index contributed by atoms with van der Waals surface area (Å²) in [7, 11) is 0. The molecule has 0 saturated carbocycles.